The standard InChI is InChI=1S/C14H10O4/c1-8-2-5-12(17-8)14-7-11(16)10-4-3-9(15)6-13(10)18-14/h2-7,15H,1H3. The fourth-order valence-corrected chi connectivity index (χ4v) is 1.83. The zero-order valence-corrected chi connectivity index (χ0v) is 9.64. The fraction of sp³-hybridized carbons (Fsp3) is 0.0714. The van der Waals surface area contributed by atoms with Crippen LogP contribution in [0.3, 0.4) is 0 Å². The molecule has 1 N–H and O–H groups in total. The number of rotatable bonds is 1. The van der Waals surface area contributed by atoms with E-state index in [1.807, 2.05) is 6.92 Å². The van der Waals surface area contributed by atoms with Crippen molar-refractivity contribution in [1.29, 1.82) is 0 Å². The molecular formula is C14H10O4. The van der Waals surface area contributed by atoms with Crippen LogP contribution in [0.25, 0.3) is 22.5 Å². The molecule has 3 aromatic rings. The van der Waals surface area contributed by atoms with Crippen molar-refractivity contribution < 1.29 is 13.9 Å². The third-order valence-electron chi connectivity index (χ3n) is 2.70. The van der Waals surface area contributed by atoms with E-state index in [1.54, 1.807) is 12.1 Å². The monoisotopic (exact) mass is 242 g/mol. The Kier molecular flexibility index (Phi) is 2.23. The first kappa shape index (κ1) is 10.7. The quantitative estimate of drug-likeness (QED) is 0.712. The first-order valence-corrected chi connectivity index (χ1v) is 5.47. The van der Waals surface area contributed by atoms with Gasteiger partial charge in [-0.15, -0.1) is 0 Å². The van der Waals surface area contributed by atoms with Crippen LogP contribution in [-0.2, 0) is 0 Å². The molecule has 18 heavy (non-hydrogen) atoms. The third-order valence-corrected chi connectivity index (χ3v) is 2.70. The lowest BCUT2D eigenvalue weighted by Crippen LogP contribution is -1.99. The molecule has 4 nitrogen and oxygen atoms in total. The molecule has 0 saturated heterocycles. The summed E-state index contributed by atoms with van der Waals surface area (Å²) in [6.07, 6.45) is 0. The van der Waals surface area contributed by atoms with Crippen LogP contribution in [0.1, 0.15) is 5.76 Å². The second-order valence-electron chi connectivity index (χ2n) is 4.07. The third kappa shape index (κ3) is 1.68. The largest absolute Gasteiger partial charge is 0.508 e. The van der Waals surface area contributed by atoms with E-state index >= 15 is 0 Å². The van der Waals surface area contributed by atoms with Gasteiger partial charge >= 0.3 is 0 Å². The number of furan rings is 1. The summed E-state index contributed by atoms with van der Waals surface area (Å²) >= 11 is 0. The lowest BCUT2D eigenvalue weighted by Gasteiger charge is -2.00. The van der Waals surface area contributed by atoms with E-state index in [2.05, 4.69) is 0 Å². The van der Waals surface area contributed by atoms with Crippen LogP contribution >= 0.6 is 0 Å². The molecule has 90 valence electrons. The predicted molar refractivity (Wildman–Crippen MR) is 66.6 cm³/mol. The molecule has 0 amide bonds. The Hall–Kier alpha value is -2.49. The van der Waals surface area contributed by atoms with Gasteiger partial charge in [0.05, 0.1) is 5.39 Å². The highest BCUT2D eigenvalue weighted by Crippen LogP contribution is 2.25. The summed E-state index contributed by atoms with van der Waals surface area (Å²) in [7, 11) is 0. The van der Waals surface area contributed by atoms with Gasteiger partial charge in [-0.1, -0.05) is 0 Å². The van der Waals surface area contributed by atoms with Crippen molar-refractivity contribution in [2.24, 2.45) is 0 Å². The zero-order valence-electron chi connectivity index (χ0n) is 9.64. The van der Waals surface area contributed by atoms with Crippen molar-refractivity contribution in [2.75, 3.05) is 0 Å². The molecule has 3 rings (SSSR count). The van der Waals surface area contributed by atoms with Gasteiger partial charge in [-0.25, -0.2) is 0 Å². The Morgan fingerprint density at radius 1 is 1.00 bits per heavy atom. The summed E-state index contributed by atoms with van der Waals surface area (Å²) in [6, 6.07) is 9.32. The molecule has 0 fully saturated rings. The summed E-state index contributed by atoms with van der Waals surface area (Å²) in [6.45, 7) is 1.81. The molecule has 0 radical (unpaired) electrons. The molecule has 1 aromatic carbocycles. The van der Waals surface area contributed by atoms with Gasteiger partial charge in [0.15, 0.2) is 16.9 Å². The average Bonchev–Trinajstić information content (AvgIpc) is 2.75. The lowest BCUT2D eigenvalue weighted by molar-refractivity contribution is 0.473. The average molecular weight is 242 g/mol. The van der Waals surface area contributed by atoms with E-state index in [4.69, 9.17) is 8.83 Å². The van der Waals surface area contributed by atoms with Crippen molar-refractivity contribution in [3.63, 3.8) is 0 Å². The van der Waals surface area contributed by atoms with Crippen LogP contribution in [0.5, 0.6) is 5.75 Å². The van der Waals surface area contributed by atoms with Crippen LogP contribution in [-0.4, -0.2) is 5.11 Å². The van der Waals surface area contributed by atoms with E-state index in [0.717, 1.165) is 5.76 Å². The van der Waals surface area contributed by atoms with Gasteiger partial charge in [0.1, 0.15) is 17.1 Å². The molecule has 0 saturated carbocycles. The van der Waals surface area contributed by atoms with Crippen LogP contribution in [0.15, 0.2) is 50.0 Å². The molecule has 0 aliphatic heterocycles. The highest BCUT2D eigenvalue weighted by molar-refractivity contribution is 5.79. The van der Waals surface area contributed by atoms with E-state index < -0.39 is 0 Å². The fourth-order valence-electron chi connectivity index (χ4n) is 1.83. The van der Waals surface area contributed by atoms with Crippen molar-refractivity contribution in [2.45, 2.75) is 6.92 Å². The van der Waals surface area contributed by atoms with Gasteiger partial charge < -0.3 is 13.9 Å². The van der Waals surface area contributed by atoms with Gasteiger partial charge in [-0.3, -0.25) is 4.79 Å². The molecule has 0 unspecified atom stereocenters. The van der Waals surface area contributed by atoms with Gasteiger partial charge in [0.2, 0.25) is 0 Å². The van der Waals surface area contributed by atoms with Crippen molar-refractivity contribution in [3.05, 3.63) is 52.4 Å². The van der Waals surface area contributed by atoms with Crippen LogP contribution in [0.2, 0.25) is 0 Å². The molecule has 0 bridgehead atoms. The van der Waals surface area contributed by atoms with Gasteiger partial charge in [0, 0.05) is 12.1 Å². The maximum atomic E-state index is 11.9. The van der Waals surface area contributed by atoms with Crippen LogP contribution in [0.4, 0.5) is 0 Å². The Morgan fingerprint density at radius 2 is 1.83 bits per heavy atom. The summed E-state index contributed by atoms with van der Waals surface area (Å²) < 4.78 is 11.0. The summed E-state index contributed by atoms with van der Waals surface area (Å²) in [5, 5.41) is 9.83. The van der Waals surface area contributed by atoms with Crippen LogP contribution < -0.4 is 5.43 Å². The predicted octanol–water partition coefficient (Wildman–Crippen LogP) is 3.07. The van der Waals surface area contributed by atoms with E-state index in [1.165, 1.54) is 24.3 Å². The number of fused-ring (bicyclic) bond motifs is 1. The summed E-state index contributed by atoms with van der Waals surface area (Å²) in [4.78, 5) is 11.9. The molecule has 0 spiro atoms. The minimum atomic E-state index is -0.166. The van der Waals surface area contributed by atoms with Gasteiger partial charge in [-0.2, -0.15) is 0 Å². The number of aromatic hydroxyl groups is 1. The molecule has 2 heterocycles. The summed E-state index contributed by atoms with van der Waals surface area (Å²) in [5.74, 6) is 1.64. The molecular weight excluding hydrogens is 232 g/mol. The molecule has 0 aliphatic carbocycles. The smallest absolute Gasteiger partial charge is 0.193 e. The first-order valence-electron chi connectivity index (χ1n) is 5.47. The van der Waals surface area contributed by atoms with Gasteiger partial charge in [0.25, 0.3) is 0 Å². The second kappa shape index (κ2) is 3.77. The molecule has 4 heteroatoms. The Labute approximate surface area is 102 Å². The SMILES string of the molecule is Cc1ccc(-c2cc(=O)c3ccc(O)cc3o2)o1. The van der Waals surface area contributed by atoms with Gasteiger partial charge in [-0.05, 0) is 31.2 Å². The number of phenols is 1. The number of aryl methyl sites for hydroxylation is 1. The maximum Gasteiger partial charge on any atom is 0.193 e. The normalized spacial score (nSPS) is 10.9. The topological polar surface area (TPSA) is 63.6 Å². The van der Waals surface area contributed by atoms with E-state index in [-0.39, 0.29) is 11.2 Å². The van der Waals surface area contributed by atoms with E-state index in [9.17, 15) is 9.90 Å². The molecule has 2 aromatic heterocycles. The van der Waals surface area contributed by atoms with Crippen LogP contribution in [0, 0.1) is 6.92 Å². The minimum Gasteiger partial charge on any atom is -0.508 e. The first-order chi connectivity index (χ1) is 8.63. The number of hydrogen-bond acceptors (Lipinski definition) is 4. The zero-order chi connectivity index (χ0) is 12.7. The van der Waals surface area contributed by atoms with Crippen molar-refractivity contribution in [1.82, 2.24) is 0 Å². The molecule has 0 aliphatic rings. The summed E-state index contributed by atoms with van der Waals surface area (Å²) in [5.41, 5.74) is 0.173. The minimum absolute atomic E-state index is 0.0541. The van der Waals surface area contributed by atoms with Crippen molar-refractivity contribution >= 4 is 11.0 Å². The highest BCUT2D eigenvalue weighted by Gasteiger charge is 2.10. The maximum absolute atomic E-state index is 11.9. The van der Waals surface area contributed by atoms with E-state index in [0.29, 0.717) is 22.5 Å². The Balaban J connectivity index is 2.29. The second-order valence-corrected chi connectivity index (χ2v) is 4.07. The lowest BCUT2D eigenvalue weighted by atomic mass is 10.2. The number of hydrogen-bond donors (Lipinski definition) is 1. The number of phenolic OH excluding ortho intramolecular Hbond substituents is 1. The Morgan fingerprint density at radius 3 is 2.56 bits per heavy atom. The highest BCUT2D eigenvalue weighted by atomic mass is 16.4. The molecule has 0 atom stereocenters. The Bertz CT molecular complexity index is 780. The van der Waals surface area contributed by atoms with Crippen molar-refractivity contribution in [3.8, 4) is 17.3 Å². The number of benzene rings is 1.